The fourth-order valence-corrected chi connectivity index (χ4v) is 0. The van der Waals surface area contributed by atoms with Crippen LogP contribution in [0.1, 0.15) is 0 Å². The molecule has 0 aromatic heterocycles. The smallest absolute Gasteiger partial charge is 0 e. The van der Waals surface area contributed by atoms with Crippen LogP contribution in [-0.4, -0.2) is 24.9 Å². The molecule has 0 aliphatic carbocycles. The van der Waals surface area contributed by atoms with Gasteiger partial charge in [-0.25, -0.2) is 0 Å². The van der Waals surface area contributed by atoms with E-state index in [1.165, 1.54) is 0 Å². The predicted octanol–water partition coefficient (Wildman–Crippen LogP) is -1.42. The molecule has 0 rings (SSSR count). The molecule has 0 unspecified atom stereocenters. The molecule has 7 radical (unpaired) electrons. The van der Waals surface area contributed by atoms with E-state index in [1.54, 1.807) is 0 Å². The van der Waals surface area contributed by atoms with Gasteiger partial charge in [-0.15, -0.1) is 0 Å². The Morgan fingerprint density at radius 1 is 1.00 bits per heavy atom. The molecule has 0 atom stereocenters. The minimum absolute atomic E-state index is 0. The molecule has 0 heterocycles. The summed E-state index contributed by atoms with van der Waals surface area (Å²) in [4.78, 5) is 0. The Morgan fingerprint density at radius 2 is 1.00 bits per heavy atom. The third kappa shape index (κ3) is 78.1. The average molecular weight is 73.9 g/mol. The van der Waals surface area contributed by atoms with Gasteiger partial charge in [-0.1, -0.05) is 0 Å². The van der Waals surface area contributed by atoms with Crippen LogP contribution in [0.25, 0.3) is 0 Å². The summed E-state index contributed by atoms with van der Waals surface area (Å²) >= 11 is 0. The zero-order chi connectivity index (χ0) is 0. The lowest BCUT2D eigenvalue weighted by atomic mass is 10.8. The predicted molar refractivity (Wildman–Crippen MR) is 20.1 cm³/mol. The minimum atomic E-state index is 0. The monoisotopic (exact) mass is 74.0 g/mol. The molecule has 0 aliphatic heterocycles. The van der Waals surface area contributed by atoms with Gasteiger partial charge in [0.05, 0.1) is 0 Å². The van der Waals surface area contributed by atoms with Gasteiger partial charge >= 0.3 is 0 Å². The lowest BCUT2D eigenvalue weighted by molar-refractivity contribution is 0.824. The summed E-state index contributed by atoms with van der Waals surface area (Å²) in [5.74, 6) is 0. The Hall–Kier alpha value is 0.202. The quantitative estimate of drug-likeness (QED) is 0.352. The van der Waals surface area contributed by atoms with Crippen molar-refractivity contribution < 1.29 is 5.48 Å². The maximum Gasteiger partial charge on any atom is 0 e. The molecule has 0 aromatic rings. The molecule has 4 heavy (non-hydrogen) atoms. The van der Waals surface area contributed by atoms with Gasteiger partial charge in [0.1, 0.15) is 0 Å². The van der Waals surface area contributed by atoms with E-state index < -0.39 is 0 Å². The van der Waals surface area contributed by atoms with Crippen molar-refractivity contribution >= 4 is 19.4 Å². The van der Waals surface area contributed by atoms with E-state index >= 15 is 0 Å². The van der Waals surface area contributed by atoms with Gasteiger partial charge in [-0.05, 0) is 0 Å². The van der Waals surface area contributed by atoms with Crippen molar-refractivity contribution in [3.63, 3.8) is 0 Å². The van der Waals surface area contributed by atoms with Crippen molar-refractivity contribution in [2.75, 3.05) is 0 Å². The van der Waals surface area contributed by atoms with Crippen LogP contribution in [0.15, 0.2) is 0 Å². The highest BCUT2D eigenvalue weighted by Crippen LogP contribution is -0.289. The normalized spacial score (nSPS) is 0. The second kappa shape index (κ2) is 381. The number of hydrogen-bond donors (Lipinski definition) is 1. The summed E-state index contributed by atoms with van der Waals surface area (Å²) < 4.78 is 0. The molecule has 0 saturated heterocycles. The van der Waals surface area contributed by atoms with Gasteiger partial charge < -0.3 is 11.6 Å². The third-order valence-corrected chi connectivity index (χ3v) is 0. The first-order valence-corrected chi connectivity index (χ1v) is 0. The lowest BCUT2D eigenvalue weighted by Gasteiger charge is -0.412. The molecule has 0 amide bonds. The Bertz CT molecular complexity index is 8.00. The van der Waals surface area contributed by atoms with Gasteiger partial charge in [0.15, 0.2) is 0 Å². The van der Waals surface area contributed by atoms with Gasteiger partial charge in [0.2, 0.25) is 0 Å². The van der Waals surface area contributed by atoms with Crippen molar-refractivity contribution in [2.45, 2.75) is 0 Å². The Kier molecular flexibility index (Phi) is 101000. The maximum absolute atomic E-state index is 0. The van der Waals surface area contributed by atoms with Gasteiger partial charge in [0, 0.05) is 19.4 Å². The highest BCUT2D eigenvalue weighted by molar-refractivity contribution is 5.76. The van der Waals surface area contributed by atoms with Crippen molar-refractivity contribution in [1.82, 2.24) is 6.15 Å². The summed E-state index contributed by atoms with van der Waals surface area (Å²) in [6, 6.07) is 0. The second-order valence-corrected chi connectivity index (χ2v) is 0. The summed E-state index contributed by atoms with van der Waals surface area (Å²) in [5, 5.41) is 0. The largest absolute Gasteiger partial charge is 0.412 e. The SMILES string of the molecule is N.O.[B].[Si]. The molecule has 23 valence electrons. The Balaban J connectivity index is 0. The van der Waals surface area contributed by atoms with Crippen molar-refractivity contribution in [2.24, 2.45) is 0 Å². The van der Waals surface area contributed by atoms with E-state index in [0.29, 0.717) is 0 Å². The van der Waals surface area contributed by atoms with E-state index in [2.05, 4.69) is 0 Å². The van der Waals surface area contributed by atoms with Gasteiger partial charge in [-0.2, -0.15) is 0 Å². The van der Waals surface area contributed by atoms with E-state index in [9.17, 15) is 0 Å². The molecule has 0 aliphatic rings. The van der Waals surface area contributed by atoms with Crippen LogP contribution in [0, 0.1) is 0 Å². The second-order valence-electron chi connectivity index (χ2n) is 0. The number of rotatable bonds is 0. The van der Waals surface area contributed by atoms with Crippen LogP contribution in [0.5, 0.6) is 0 Å². The van der Waals surface area contributed by atoms with Crippen molar-refractivity contribution in [3.05, 3.63) is 0 Å². The fourth-order valence-electron chi connectivity index (χ4n) is 0. The van der Waals surface area contributed by atoms with E-state index in [4.69, 9.17) is 0 Å². The molecule has 4 heteroatoms. The Morgan fingerprint density at radius 3 is 1.00 bits per heavy atom. The zero-order valence-corrected chi connectivity index (χ0v) is 3.28. The van der Waals surface area contributed by atoms with E-state index in [1.807, 2.05) is 0 Å². The first kappa shape index (κ1) is 1060. The highest BCUT2D eigenvalue weighted by Gasteiger charge is 0.00101. The maximum atomic E-state index is 0. The molecule has 0 saturated carbocycles. The van der Waals surface area contributed by atoms with Gasteiger partial charge in [0.25, 0.3) is 0 Å². The van der Waals surface area contributed by atoms with Crippen LogP contribution in [0.2, 0.25) is 0 Å². The Labute approximate surface area is 32.1 Å². The summed E-state index contributed by atoms with van der Waals surface area (Å²) in [6.07, 6.45) is 0. The van der Waals surface area contributed by atoms with Crippen molar-refractivity contribution in [1.29, 1.82) is 0 Å². The van der Waals surface area contributed by atoms with Crippen LogP contribution in [0.4, 0.5) is 0 Å². The summed E-state index contributed by atoms with van der Waals surface area (Å²) in [5.41, 5.74) is 0. The number of hydrogen-bond acceptors (Lipinski definition) is 1. The van der Waals surface area contributed by atoms with Crippen LogP contribution < -0.4 is 6.15 Å². The molecular formula is H5BNOSi. The fraction of sp³-hybridized carbons (Fsp3) is 0. The molecule has 0 fully saturated rings. The average Bonchev–Trinajstić information content (AvgIpc) is 0. The standard InChI is InChI=1S/B.H3N.H2O.Si/h;1H3;1H2;. The van der Waals surface area contributed by atoms with Crippen molar-refractivity contribution in [3.8, 4) is 0 Å². The highest BCUT2D eigenvalue weighted by atomic mass is 28.1. The summed E-state index contributed by atoms with van der Waals surface area (Å²) in [7, 11) is 0. The molecule has 5 N–H and O–H groups in total. The van der Waals surface area contributed by atoms with Crippen LogP contribution in [-0.2, 0) is 0 Å². The molecule has 2 nitrogen and oxygen atoms in total. The molecule has 0 aromatic carbocycles. The van der Waals surface area contributed by atoms with Gasteiger partial charge in [-0.3, -0.25) is 0 Å². The summed E-state index contributed by atoms with van der Waals surface area (Å²) in [6.45, 7) is 0. The molecule has 0 spiro atoms. The molecule has 0 bridgehead atoms. The third-order valence-electron chi connectivity index (χ3n) is 0. The first-order valence-electron chi connectivity index (χ1n) is 0. The minimum Gasteiger partial charge on any atom is -0.412 e. The first-order chi connectivity index (χ1) is 0. The van der Waals surface area contributed by atoms with E-state index in [0.717, 1.165) is 0 Å². The zero-order valence-electron chi connectivity index (χ0n) is 2.28. The molecular weight excluding hydrogens is 68.9 g/mol. The van der Waals surface area contributed by atoms with Crippen LogP contribution >= 0.6 is 0 Å². The topological polar surface area (TPSA) is 66.5 Å². The van der Waals surface area contributed by atoms with Crippen LogP contribution in [0.3, 0.4) is 0 Å². The van der Waals surface area contributed by atoms with E-state index in [-0.39, 0.29) is 31.0 Å². The lowest BCUT2D eigenvalue weighted by Crippen LogP contribution is -0.481.